The average molecular weight is 180 g/mol. The Morgan fingerprint density at radius 1 is 1.10 bits per heavy atom. The zero-order valence-corrected chi connectivity index (χ0v) is 6.41. The quantitative estimate of drug-likeness (QED) is 0.536. The first-order chi connectivity index (χ1) is 4.47. The predicted octanol–water partition coefficient (Wildman–Crippen LogP) is 2.25. The van der Waals surface area contributed by atoms with Crippen LogP contribution in [0.5, 0.6) is 0 Å². The fourth-order valence-corrected chi connectivity index (χ4v) is 1.20. The van der Waals surface area contributed by atoms with Crippen LogP contribution in [0.15, 0.2) is 30.3 Å². The molecule has 0 unspecified atom stereocenters. The van der Waals surface area contributed by atoms with Gasteiger partial charge in [-0.05, 0) is 17.5 Å². The maximum atomic E-state index is 2.20. The molecule has 0 fully saturated rings. The van der Waals surface area contributed by atoms with Gasteiger partial charge in [0.25, 0.3) is 0 Å². The van der Waals surface area contributed by atoms with E-state index in [-0.39, 0.29) is 17.1 Å². The Morgan fingerprint density at radius 3 is 2.70 bits per heavy atom. The summed E-state index contributed by atoms with van der Waals surface area (Å²) < 4.78 is 0. The number of rotatable bonds is 0. The minimum absolute atomic E-state index is 0. The minimum Gasteiger partial charge on any atom is -0.0795 e. The largest absolute Gasteiger partial charge is 0.0795 e. The van der Waals surface area contributed by atoms with E-state index in [1.54, 1.807) is 0 Å². The van der Waals surface area contributed by atoms with Crippen molar-refractivity contribution in [1.29, 1.82) is 0 Å². The molecule has 1 aromatic rings. The first kappa shape index (κ1) is 7.58. The molecule has 0 N–H and O–H groups in total. The van der Waals surface area contributed by atoms with Gasteiger partial charge in [-0.3, -0.25) is 0 Å². The monoisotopic (exact) mass is 179 g/mol. The van der Waals surface area contributed by atoms with E-state index in [0.29, 0.717) is 0 Å². The minimum atomic E-state index is 0. The van der Waals surface area contributed by atoms with E-state index in [9.17, 15) is 0 Å². The van der Waals surface area contributed by atoms with Crippen LogP contribution in [0.1, 0.15) is 11.1 Å². The fourth-order valence-electron chi connectivity index (χ4n) is 1.20. The van der Waals surface area contributed by atoms with Crippen LogP contribution in [0.4, 0.5) is 0 Å². The van der Waals surface area contributed by atoms with Crippen LogP contribution < -0.4 is 0 Å². The maximum Gasteiger partial charge on any atom is 0 e. The molecule has 0 aromatic heterocycles. The summed E-state index contributed by atoms with van der Waals surface area (Å²) in [6.45, 7) is 0. The second-order valence-corrected chi connectivity index (χ2v) is 2.31. The van der Waals surface area contributed by atoms with Gasteiger partial charge in [-0.1, -0.05) is 36.4 Å². The van der Waals surface area contributed by atoms with Crippen LogP contribution in [-0.4, -0.2) is 0 Å². The number of allylic oxidation sites excluding steroid dienone is 1. The van der Waals surface area contributed by atoms with Crippen LogP contribution in [0.25, 0.3) is 6.08 Å². The summed E-state index contributed by atoms with van der Waals surface area (Å²) in [6.07, 6.45) is 5.50. The molecule has 0 saturated carbocycles. The Balaban J connectivity index is 0.000000500. The second-order valence-electron chi connectivity index (χ2n) is 2.31. The zero-order valence-electron chi connectivity index (χ0n) is 5.47. The topological polar surface area (TPSA) is 0 Å². The SMILES string of the molecule is C1=Cc2ccccc2C1.[Cu]. The smallest absolute Gasteiger partial charge is 0 e. The summed E-state index contributed by atoms with van der Waals surface area (Å²) >= 11 is 0. The normalized spacial score (nSPS) is 12.4. The molecule has 55 valence electrons. The number of hydrogen-bond acceptors (Lipinski definition) is 0. The van der Waals surface area contributed by atoms with Gasteiger partial charge >= 0.3 is 0 Å². The molecule has 0 atom stereocenters. The summed E-state index contributed by atoms with van der Waals surface area (Å²) in [6, 6.07) is 8.49. The van der Waals surface area contributed by atoms with E-state index >= 15 is 0 Å². The van der Waals surface area contributed by atoms with Crippen molar-refractivity contribution in [1.82, 2.24) is 0 Å². The number of benzene rings is 1. The summed E-state index contributed by atoms with van der Waals surface area (Å²) in [5.41, 5.74) is 2.84. The Hall–Kier alpha value is -0.521. The van der Waals surface area contributed by atoms with Gasteiger partial charge in [-0.15, -0.1) is 0 Å². The van der Waals surface area contributed by atoms with E-state index in [1.807, 2.05) is 0 Å². The van der Waals surface area contributed by atoms with Crippen molar-refractivity contribution < 1.29 is 17.1 Å². The van der Waals surface area contributed by atoms with Crippen molar-refractivity contribution in [2.45, 2.75) is 6.42 Å². The summed E-state index contributed by atoms with van der Waals surface area (Å²) in [7, 11) is 0. The Kier molecular flexibility index (Phi) is 2.31. The maximum absolute atomic E-state index is 2.20. The molecule has 0 heterocycles. The van der Waals surface area contributed by atoms with Crippen molar-refractivity contribution in [2.75, 3.05) is 0 Å². The van der Waals surface area contributed by atoms with Gasteiger partial charge in [0.05, 0.1) is 0 Å². The van der Waals surface area contributed by atoms with E-state index in [0.717, 1.165) is 6.42 Å². The third kappa shape index (κ3) is 1.16. The molecule has 1 radical (unpaired) electrons. The van der Waals surface area contributed by atoms with Crippen LogP contribution in [0.2, 0.25) is 0 Å². The van der Waals surface area contributed by atoms with Gasteiger partial charge in [0, 0.05) is 17.1 Å². The van der Waals surface area contributed by atoms with E-state index < -0.39 is 0 Å². The predicted molar refractivity (Wildman–Crippen MR) is 39.2 cm³/mol. The molecule has 10 heavy (non-hydrogen) atoms. The molecule has 1 aliphatic rings. The molecule has 2 rings (SSSR count). The average Bonchev–Trinajstić information content (AvgIpc) is 2.33. The Morgan fingerprint density at radius 2 is 1.90 bits per heavy atom. The number of fused-ring (bicyclic) bond motifs is 1. The third-order valence-corrected chi connectivity index (χ3v) is 1.69. The summed E-state index contributed by atoms with van der Waals surface area (Å²) in [5.74, 6) is 0. The van der Waals surface area contributed by atoms with Crippen molar-refractivity contribution >= 4 is 6.08 Å². The molecular formula is C9H8Cu. The van der Waals surface area contributed by atoms with Gasteiger partial charge in [0.15, 0.2) is 0 Å². The van der Waals surface area contributed by atoms with Crippen LogP contribution in [0, 0.1) is 0 Å². The van der Waals surface area contributed by atoms with Crippen LogP contribution in [-0.2, 0) is 23.5 Å². The van der Waals surface area contributed by atoms with Gasteiger partial charge in [0.2, 0.25) is 0 Å². The van der Waals surface area contributed by atoms with Gasteiger partial charge < -0.3 is 0 Å². The molecular weight excluding hydrogens is 172 g/mol. The molecule has 0 saturated heterocycles. The molecule has 0 nitrogen and oxygen atoms in total. The number of hydrogen-bond donors (Lipinski definition) is 0. The second kappa shape index (κ2) is 3.05. The van der Waals surface area contributed by atoms with Crippen LogP contribution in [0.3, 0.4) is 0 Å². The van der Waals surface area contributed by atoms with Gasteiger partial charge in [-0.25, -0.2) is 0 Å². The molecule has 0 aliphatic heterocycles. The first-order valence-electron chi connectivity index (χ1n) is 3.21. The van der Waals surface area contributed by atoms with E-state index in [1.165, 1.54) is 11.1 Å². The molecule has 1 aromatic carbocycles. The van der Waals surface area contributed by atoms with Crippen LogP contribution >= 0.6 is 0 Å². The molecule has 0 amide bonds. The molecule has 0 spiro atoms. The van der Waals surface area contributed by atoms with E-state index in [4.69, 9.17) is 0 Å². The Bertz CT molecular complexity index is 251. The van der Waals surface area contributed by atoms with Gasteiger partial charge in [-0.2, -0.15) is 0 Å². The Labute approximate surface area is 71.4 Å². The molecule has 1 aliphatic carbocycles. The standard InChI is InChI=1S/C9H8.Cu/c1-2-5-9-7-3-6-8(9)4-1;/h1-6H,7H2;. The van der Waals surface area contributed by atoms with E-state index in [2.05, 4.69) is 36.4 Å². The summed E-state index contributed by atoms with van der Waals surface area (Å²) in [5, 5.41) is 0. The summed E-state index contributed by atoms with van der Waals surface area (Å²) in [4.78, 5) is 0. The van der Waals surface area contributed by atoms with Crippen molar-refractivity contribution in [3.8, 4) is 0 Å². The fraction of sp³-hybridized carbons (Fsp3) is 0.111. The van der Waals surface area contributed by atoms with Crippen molar-refractivity contribution in [3.63, 3.8) is 0 Å². The first-order valence-corrected chi connectivity index (χ1v) is 3.21. The van der Waals surface area contributed by atoms with Crippen molar-refractivity contribution in [3.05, 3.63) is 41.5 Å². The zero-order chi connectivity index (χ0) is 6.10. The third-order valence-electron chi connectivity index (χ3n) is 1.69. The molecule has 0 bridgehead atoms. The van der Waals surface area contributed by atoms with Gasteiger partial charge in [0.1, 0.15) is 0 Å². The molecule has 1 heteroatoms. The van der Waals surface area contributed by atoms with Crippen molar-refractivity contribution in [2.24, 2.45) is 0 Å².